The molecule has 0 spiro atoms. The number of nitrogens with zero attached hydrogens (tertiary/aromatic N) is 1. The van der Waals surface area contributed by atoms with Crippen LogP contribution >= 0.6 is 0 Å². The molecule has 1 aliphatic rings. The number of likely N-dealkylation sites (tertiary alicyclic amines) is 1. The van der Waals surface area contributed by atoms with Gasteiger partial charge in [0.1, 0.15) is 0 Å². The van der Waals surface area contributed by atoms with E-state index in [0.29, 0.717) is 0 Å². The van der Waals surface area contributed by atoms with Crippen molar-refractivity contribution in [3.05, 3.63) is 0 Å². The first-order chi connectivity index (χ1) is 8.42. The van der Waals surface area contributed by atoms with Gasteiger partial charge >= 0.3 is 6.03 Å². The van der Waals surface area contributed by atoms with Crippen molar-refractivity contribution in [1.82, 2.24) is 15.5 Å². The molecule has 1 heterocycles. The third-order valence-corrected chi connectivity index (χ3v) is 3.28. The lowest BCUT2D eigenvalue weighted by Crippen LogP contribution is -2.50. The van der Waals surface area contributed by atoms with Gasteiger partial charge in [0.2, 0.25) is 0 Å². The van der Waals surface area contributed by atoms with Gasteiger partial charge in [-0.3, -0.25) is 0 Å². The van der Waals surface area contributed by atoms with Gasteiger partial charge < -0.3 is 15.5 Å². The normalized spacial score (nSPS) is 18.6. The van der Waals surface area contributed by atoms with Crippen LogP contribution in [0.2, 0.25) is 0 Å². The molecule has 1 rings (SSSR count). The molecule has 1 aliphatic heterocycles. The first-order valence-corrected chi connectivity index (χ1v) is 7.12. The Bertz CT molecular complexity index is 254. The van der Waals surface area contributed by atoms with E-state index in [1.54, 1.807) is 0 Å². The molecule has 0 saturated carbocycles. The van der Waals surface area contributed by atoms with Crippen molar-refractivity contribution in [3.8, 4) is 0 Å². The summed E-state index contributed by atoms with van der Waals surface area (Å²) in [6.45, 7) is 9.28. The van der Waals surface area contributed by atoms with Gasteiger partial charge in [0, 0.05) is 25.7 Å². The molecule has 18 heavy (non-hydrogen) atoms. The number of likely N-dealkylation sites (N-methyl/N-ethyl adjacent to an activating group) is 1. The smallest absolute Gasteiger partial charge is 0.317 e. The van der Waals surface area contributed by atoms with Crippen molar-refractivity contribution >= 4 is 6.03 Å². The summed E-state index contributed by atoms with van der Waals surface area (Å²) in [6.07, 6.45) is 4.53. The van der Waals surface area contributed by atoms with E-state index in [9.17, 15) is 4.79 Å². The lowest BCUT2D eigenvalue weighted by Gasteiger charge is -2.31. The molecule has 0 aromatic heterocycles. The highest BCUT2D eigenvalue weighted by Gasteiger charge is 2.23. The summed E-state index contributed by atoms with van der Waals surface area (Å²) in [5.41, 5.74) is 0.233. The molecule has 0 unspecified atom stereocenters. The van der Waals surface area contributed by atoms with Crippen LogP contribution in [0, 0.1) is 5.41 Å². The SMILES string of the molecule is CNC[C@H](CC(C)(C)C)NC(=O)N1CCCCC1. The van der Waals surface area contributed by atoms with Crippen LogP contribution in [0.3, 0.4) is 0 Å². The van der Waals surface area contributed by atoms with Gasteiger partial charge in [-0.15, -0.1) is 0 Å². The van der Waals surface area contributed by atoms with Crippen LogP contribution in [0.5, 0.6) is 0 Å². The van der Waals surface area contributed by atoms with Crippen molar-refractivity contribution in [2.75, 3.05) is 26.7 Å². The zero-order chi connectivity index (χ0) is 13.6. The molecule has 0 aliphatic carbocycles. The Morgan fingerprint density at radius 1 is 1.22 bits per heavy atom. The van der Waals surface area contributed by atoms with Crippen molar-refractivity contribution in [2.45, 2.75) is 52.5 Å². The molecular formula is C14H29N3O. The molecule has 0 bridgehead atoms. The summed E-state index contributed by atoms with van der Waals surface area (Å²) in [7, 11) is 1.93. The van der Waals surface area contributed by atoms with E-state index in [1.165, 1.54) is 6.42 Å². The largest absolute Gasteiger partial charge is 0.334 e. The summed E-state index contributed by atoms with van der Waals surface area (Å²) >= 11 is 0. The lowest BCUT2D eigenvalue weighted by molar-refractivity contribution is 0.178. The average Bonchev–Trinajstić information content (AvgIpc) is 2.28. The minimum Gasteiger partial charge on any atom is -0.334 e. The molecule has 0 radical (unpaired) electrons. The van der Waals surface area contributed by atoms with Crippen LogP contribution in [-0.2, 0) is 0 Å². The predicted molar refractivity (Wildman–Crippen MR) is 75.7 cm³/mol. The zero-order valence-corrected chi connectivity index (χ0v) is 12.4. The molecule has 2 N–H and O–H groups in total. The van der Waals surface area contributed by atoms with Crippen molar-refractivity contribution in [2.24, 2.45) is 5.41 Å². The maximum atomic E-state index is 12.2. The number of hydrogen-bond donors (Lipinski definition) is 2. The maximum Gasteiger partial charge on any atom is 0.317 e. The van der Waals surface area contributed by atoms with E-state index in [2.05, 4.69) is 31.4 Å². The van der Waals surface area contributed by atoms with E-state index in [1.807, 2.05) is 11.9 Å². The molecular weight excluding hydrogens is 226 g/mol. The number of carbonyl (C=O) groups is 1. The maximum absolute atomic E-state index is 12.2. The number of piperidine rings is 1. The molecule has 1 atom stereocenters. The van der Waals surface area contributed by atoms with Gasteiger partial charge in [-0.1, -0.05) is 20.8 Å². The Balaban J connectivity index is 2.46. The van der Waals surface area contributed by atoms with Gasteiger partial charge in [0.25, 0.3) is 0 Å². The van der Waals surface area contributed by atoms with Crippen molar-refractivity contribution in [3.63, 3.8) is 0 Å². The van der Waals surface area contributed by atoms with Crippen LogP contribution in [0.15, 0.2) is 0 Å². The molecule has 2 amide bonds. The standard InChI is InChI=1S/C14H29N3O/c1-14(2,3)10-12(11-15-4)16-13(18)17-8-6-5-7-9-17/h12,15H,5-11H2,1-4H3,(H,16,18)/t12-/m0/s1. The van der Waals surface area contributed by atoms with E-state index in [-0.39, 0.29) is 17.5 Å². The molecule has 4 heteroatoms. The molecule has 0 aromatic carbocycles. The molecule has 4 nitrogen and oxygen atoms in total. The topological polar surface area (TPSA) is 44.4 Å². The number of carbonyl (C=O) groups excluding carboxylic acids is 1. The fourth-order valence-electron chi connectivity index (χ4n) is 2.52. The van der Waals surface area contributed by atoms with E-state index in [4.69, 9.17) is 0 Å². The number of hydrogen-bond acceptors (Lipinski definition) is 2. The average molecular weight is 255 g/mol. The Morgan fingerprint density at radius 2 is 1.83 bits per heavy atom. The summed E-state index contributed by atoms with van der Waals surface area (Å²) in [5, 5.41) is 6.33. The minimum absolute atomic E-state index is 0.110. The molecule has 0 aromatic rings. The first-order valence-electron chi connectivity index (χ1n) is 7.12. The van der Waals surface area contributed by atoms with E-state index >= 15 is 0 Å². The van der Waals surface area contributed by atoms with E-state index in [0.717, 1.165) is 38.9 Å². The van der Waals surface area contributed by atoms with Gasteiger partial charge in [-0.25, -0.2) is 4.79 Å². The first kappa shape index (κ1) is 15.3. The fourth-order valence-corrected chi connectivity index (χ4v) is 2.52. The highest BCUT2D eigenvalue weighted by molar-refractivity contribution is 5.74. The minimum atomic E-state index is 0.110. The van der Waals surface area contributed by atoms with E-state index < -0.39 is 0 Å². The third kappa shape index (κ3) is 5.71. The highest BCUT2D eigenvalue weighted by atomic mass is 16.2. The third-order valence-electron chi connectivity index (χ3n) is 3.28. The van der Waals surface area contributed by atoms with Crippen LogP contribution in [-0.4, -0.2) is 43.7 Å². The number of amides is 2. The summed E-state index contributed by atoms with van der Waals surface area (Å²) in [5.74, 6) is 0. The second-order valence-corrected chi connectivity index (χ2v) is 6.52. The summed E-state index contributed by atoms with van der Waals surface area (Å²) in [6, 6.07) is 0.323. The Kier molecular flexibility index (Phi) is 5.93. The number of nitrogens with one attached hydrogen (secondary N) is 2. The monoisotopic (exact) mass is 255 g/mol. The Morgan fingerprint density at radius 3 is 2.33 bits per heavy atom. The molecule has 106 valence electrons. The van der Waals surface area contributed by atoms with Gasteiger partial charge in [0.15, 0.2) is 0 Å². The number of urea groups is 1. The Labute approximate surface area is 111 Å². The quantitative estimate of drug-likeness (QED) is 0.809. The summed E-state index contributed by atoms with van der Waals surface area (Å²) < 4.78 is 0. The Hall–Kier alpha value is -0.770. The highest BCUT2D eigenvalue weighted by Crippen LogP contribution is 2.20. The van der Waals surface area contributed by atoms with Gasteiger partial charge in [-0.05, 0) is 38.1 Å². The lowest BCUT2D eigenvalue weighted by atomic mass is 9.88. The van der Waals surface area contributed by atoms with Gasteiger partial charge in [-0.2, -0.15) is 0 Å². The fraction of sp³-hybridized carbons (Fsp3) is 0.929. The van der Waals surface area contributed by atoms with Crippen LogP contribution in [0.1, 0.15) is 46.5 Å². The summed E-state index contributed by atoms with van der Waals surface area (Å²) in [4.78, 5) is 14.1. The van der Waals surface area contributed by atoms with Gasteiger partial charge in [0.05, 0.1) is 0 Å². The number of rotatable bonds is 4. The second kappa shape index (κ2) is 6.98. The van der Waals surface area contributed by atoms with Crippen LogP contribution < -0.4 is 10.6 Å². The van der Waals surface area contributed by atoms with Crippen molar-refractivity contribution < 1.29 is 4.79 Å². The molecule has 1 fully saturated rings. The van der Waals surface area contributed by atoms with Crippen LogP contribution in [0.25, 0.3) is 0 Å². The zero-order valence-electron chi connectivity index (χ0n) is 12.4. The predicted octanol–water partition coefficient (Wildman–Crippen LogP) is 2.21. The van der Waals surface area contributed by atoms with Crippen LogP contribution in [0.4, 0.5) is 4.79 Å². The second-order valence-electron chi connectivity index (χ2n) is 6.52. The van der Waals surface area contributed by atoms with Crippen molar-refractivity contribution in [1.29, 1.82) is 0 Å². The molecule has 1 saturated heterocycles.